The second kappa shape index (κ2) is 7.18. The number of nitrogens with one attached hydrogen (secondary N) is 1. The van der Waals surface area contributed by atoms with Crippen LogP contribution in [-0.2, 0) is 4.79 Å². The van der Waals surface area contributed by atoms with Crippen molar-refractivity contribution in [3.05, 3.63) is 71.6 Å². The molecular weight excluding hydrogens is 370 g/mol. The molecule has 3 aromatic rings. The van der Waals surface area contributed by atoms with Crippen molar-refractivity contribution in [2.24, 2.45) is 0 Å². The highest BCUT2D eigenvalue weighted by molar-refractivity contribution is 6.03. The van der Waals surface area contributed by atoms with Crippen molar-refractivity contribution >= 4 is 23.5 Å². The Bertz CT molecular complexity index is 1040. The van der Waals surface area contributed by atoms with E-state index in [1.54, 1.807) is 0 Å². The molecule has 1 fully saturated rings. The highest BCUT2D eigenvalue weighted by Gasteiger charge is 2.35. The molecule has 1 atom stereocenters. The average Bonchev–Trinajstić information content (AvgIpc) is 3.29. The summed E-state index contributed by atoms with van der Waals surface area (Å²) in [7, 11) is 0. The fourth-order valence-electron chi connectivity index (χ4n) is 3.00. The number of hydrogen-bond donors (Lipinski definition) is 1. The molecule has 1 aliphatic rings. The largest absolute Gasteiger partial charge is 0.407 e. The predicted molar refractivity (Wildman–Crippen MR) is 94.8 cm³/mol. The monoisotopic (exact) mass is 384 g/mol. The fourth-order valence-corrected chi connectivity index (χ4v) is 3.00. The number of amides is 2. The Balaban J connectivity index is 1.46. The van der Waals surface area contributed by atoms with E-state index in [9.17, 15) is 18.4 Å². The van der Waals surface area contributed by atoms with Gasteiger partial charge in [0.25, 0.3) is 5.91 Å². The molecule has 4 rings (SSSR count). The van der Waals surface area contributed by atoms with E-state index < -0.39 is 11.7 Å². The summed E-state index contributed by atoms with van der Waals surface area (Å²) in [5.41, 5.74) is 0.419. The third kappa shape index (κ3) is 3.46. The summed E-state index contributed by atoms with van der Waals surface area (Å²) < 4.78 is 32.2. The van der Waals surface area contributed by atoms with E-state index in [1.165, 1.54) is 53.4 Å². The van der Waals surface area contributed by atoms with Crippen LogP contribution in [0.15, 0.2) is 52.9 Å². The molecule has 9 heteroatoms. The van der Waals surface area contributed by atoms with Crippen molar-refractivity contribution in [2.45, 2.75) is 12.3 Å². The van der Waals surface area contributed by atoms with Crippen LogP contribution in [0.1, 0.15) is 28.6 Å². The number of carbonyl (C=O) groups excluding carboxylic acids is 2. The van der Waals surface area contributed by atoms with Gasteiger partial charge in [-0.2, -0.15) is 0 Å². The normalized spacial score (nSPS) is 16.4. The zero-order valence-corrected chi connectivity index (χ0v) is 14.4. The van der Waals surface area contributed by atoms with E-state index in [0.29, 0.717) is 5.69 Å². The standard InChI is InChI=1S/C19H14F2N4O3/c20-12-5-7-13(8-6-12)25-10-11(9-16(25)26)18-23-24-19(28-18)22-17(27)14-3-1-2-4-15(14)21/h1-8,11H,9-10H2,(H,22,24,27). The van der Waals surface area contributed by atoms with E-state index in [4.69, 9.17) is 4.42 Å². The Labute approximate surface area is 158 Å². The molecule has 1 aromatic heterocycles. The molecule has 142 valence electrons. The molecule has 1 unspecified atom stereocenters. The van der Waals surface area contributed by atoms with Gasteiger partial charge in [0.05, 0.1) is 11.5 Å². The first-order valence-electron chi connectivity index (χ1n) is 8.46. The molecule has 0 radical (unpaired) electrons. The molecule has 2 amide bonds. The lowest BCUT2D eigenvalue weighted by Gasteiger charge is -2.15. The maximum Gasteiger partial charge on any atom is 0.322 e. The highest BCUT2D eigenvalue weighted by Crippen LogP contribution is 2.31. The molecule has 7 nitrogen and oxygen atoms in total. The van der Waals surface area contributed by atoms with Crippen LogP contribution in [0.3, 0.4) is 0 Å². The van der Waals surface area contributed by atoms with Crippen molar-refractivity contribution < 1.29 is 22.8 Å². The lowest BCUT2D eigenvalue weighted by Crippen LogP contribution is -2.24. The van der Waals surface area contributed by atoms with E-state index in [-0.39, 0.29) is 48.1 Å². The molecule has 0 saturated carbocycles. The van der Waals surface area contributed by atoms with Crippen molar-refractivity contribution in [3.8, 4) is 0 Å². The number of aromatic nitrogens is 2. The zero-order valence-electron chi connectivity index (χ0n) is 14.4. The SMILES string of the molecule is O=C(Nc1nnc(C2CC(=O)N(c3ccc(F)cc3)C2)o1)c1ccccc1F. The number of nitrogens with zero attached hydrogens (tertiary/aromatic N) is 3. The molecule has 0 aliphatic carbocycles. The summed E-state index contributed by atoms with van der Waals surface area (Å²) in [6.07, 6.45) is 0.139. The molecule has 1 aliphatic heterocycles. The van der Waals surface area contributed by atoms with Gasteiger partial charge in [-0.1, -0.05) is 17.2 Å². The van der Waals surface area contributed by atoms with E-state index in [2.05, 4.69) is 15.5 Å². The number of rotatable bonds is 4. The highest BCUT2D eigenvalue weighted by atomic mass is 19.1. The Morgan fingerprint density at radius 1 is 1.11 bits per heavy atom. The molecule has 2 aromatic carbocycles. The Hall–Kier alpha value is -3.62. The Morgan fingerprint density at radius 2 is 1.86 bits per heavy atom. The van der Waals surface area contributed by atoms with E-state index in [1.807, 2.05) is 0 Å². The van der Waals surface area contributed by atoms with Crippen molar-refractivity contribution in [3.63, 3.8) is 0 Å². The summed E-state index contributed by atoms with van der Waals surface area (Å²) in [5.74, 6) is -2.13. The zero-order chi connectivity index (χ0) is 19.7. The van der Waals surface area contributed by atoms with Gasteiger partial charge in [0.1, 0.15) is 11.6 Å². The molecule has 1 N–H and O–H groups in total. The summed E-state index contributed by atoms with van der Waals surface area (Å²) in [6, 6.07) is 10.9. The van der Waals surface area contributed by atoms with Crippen molar-refractivity contribution in [1.82, 2.24) is 10.2 Å². The van der Waals surface area contributed by atoms with Gasteiger partial charge in [-0.05, 0) is 36.4 Å². The second-order valence-corrected chi connectivity index (χ2v) is 6.26. The van der Waals surface area contributed by atoms with Crippen LogP contribution in [-0.4, -0.2) is 28.6 Å². The first kappa shape index (κ1) is 17.8. The predicted octanol–water partition coefficient (Wildman–Crippen LogP) is 3.12. The fraction of sp³-hybridized carbons (Fsp3) is 0.158. The molecule has 1 saturated heterocycles. The number of benzene rings is 2. The maximum absolute atomic E-state index is 13.7. The number of carbonyl (C=O) groups is 2. The van der Waals surface area contributed by atoms with E-state index in [0.717, 1.165) is 0 Å². The molecule has 0 spiro atoms. The minimum absolute atomic E-state index is 0.139. The lowest BCUT2D eigenvalue weighted by atomic mass is 10.1. The Morgan fingerprint density at radius 3 is 2.61 bits per heavy atom. The summed E-state index contributed by atoms with van der Waals surface area (Å²) >= 11 is 0. The van der Waals surface area contributed by atoms with Gasteiger partial charge in [0, 0.05) is 18.7 Å². The quantitative estimate of drug-likeness (QED) is 0.747. The van der Waals surface area contributed by atoms with Crippen LogP contribution in [0, 0.1) is 11.6 Å². The van der Waals surface area contributed by atoms with Crippen molar-refractivity contribution in [1.29, 1.82) is 0 Å². The lowest BCUT2D eigenvalue weighted by molar-refractivity contribution is -0.117. The van der Waals surface area contributed by atoms with Crippen LogP contribution in [0.25, 0.3) is 0 Å². The maximum atomic E-state index is 13.7. The second-order valence-electron chi connectivity index (χ2n) is 6.26. The van der Waals surface area contributed by atoms with Crippen molar-refractivity contribution in [2.75, 3.05) is 16.8 Å². The van der Waals surface area contributed by atoms with Gasteiger partial charge >= 0.3 is 6.01 Å². The first-order chi connectivity index (χ1) is 13.5. The topological polar surface area (TPSA) is 88.3 Å². The third-order valence-corrected chi connectivity index (χ3v) is 4.39. The molecule has 0 bridgehead atoms. The van der Waals surface area contributed by atoms with Crippen LogP contribution < -0.4 is 10.2 Å². The summed E-state index contributed by atoms with van der Waals surface area (Å²) in [4.78, 5) is 25.9. The van der Waals surface area contributed by atoms with Gasteiger partial charge in [-0.25, -0.2) is 8.78 Å². The van der Waals surface area contributed by atoms with Crippen LogP contribution in [0.4, 0.5) is 20.5 Å². The summed E-state index contributed by atoms with van der Waals surface area (Å²) in [5, 5.41) is 9.96. The average molecular weight is 384 g/mol. The Kier molecular flexibility index (Phi) is 4.56. The van der Waals surface area contributed by atoms with Crippen LogP contribution in [0.5, 0.6) is 0 Å². The minimum Gasteiger partial charge on any atom is -0.407 e. The van der Waals surface area contributed by atoms with Crippen LogP contribution >= 0.6 is 0 Å². The summed E-state index contributed by atoms with van der Waals surface area (Å²) in [6.45, 7) is 0.285. The molecule has 2 heterocycles. The number of anilines is 2. The van der Waals surface area contributed by atoms with Gasteiger partial charge in [0.15, 0.2) is 0 Å². The smallest absolute Gasteiger partial charge is 0.322 e. The number of halogens is 2. The number of hydrogen-bond acceptors (Lipinski definition) is 5. The van der Waals surface area contributed by atoms with Gasteiger partial charge in [-0.3, -0.25) is 14.9 Å². The van der Waals surface area contributed by atoms with Gasteiger partial charge in [0.2, 0.25) is 11.8 Å². The van der Waals surface area contributed by atoms with Gasteiger partial charge in [-0.15, -0.1) is 5.10 Å². The van der Waals surface area contributed by atoms with E-state index >= 15 is 0 Å². The molecule has 28 heavy (non-hydrogen) atoms. The third-order valence-electron chi connectivity index (χ3n) is 4.39. The minimum atomic E-state index is -0.719. The molecular formula is C19H14F2N4O3. The van der Waals surface area contributed by atoms with Crippen LogP contribution in [0.2, 0.25) is 0 Å². The first-order valence-corrected chi connectivity index (χ1v) is 8.46. The van der Waals surface area contributed by atoms with Gasteiger partial charge < -0.3 is 9.32 Å².